The van der Waals surface area contributed by atoms with Gasteiger partial charge in [-0.1, -0.05) is 35.9 Å². The Labute approximate surface area is 122 Å². The van der Waals surface area contributed by atoms with Crippen LogP contribution in [0.5, 0.6) is 5.75 Å². The van der Waals surface area contributed by atoms with E-state index >= 15 is 0 Å². The van der Waals surface area contributed by atoms with Crippen LogP contribution >= 0.6 is 11.6 Å². The van der Waals surface area contributed by atoms with Gasteiger partial charge in [0.25, 0.3) is 5.91 Å². The minimum Gasteiger partial charge on any atom is -0.488 e. The Morgan fingerprint density at radius 2 is 1.95 bits per heavy atom. The van der Waals surface area contributed by atoms with Crippen molar-refractivity contribution in [2.45, 2.75) is 13.2 Å². The number of halogens is 1. The fourth-order valence-corrected chi connectivity index (χ4v) is 2.46. The molecule has 0 bridgehead atoms. The van der Waals surface area contributed by atoms with Gasteiger partial charge in [-0.15, -0.1) is 0 Å². The highest BCUT2D eigenvalue weighted by Gasteiger charge is 2.27. The third-order valence-corrected chi connectivity index (χ3v) is 3.64. The van der Waals surface area contributed by atoms with Crippen LogP contribution in [-0.4, -0.2) is 17.9 Å². The zero-order valence-corrected chi connectivity index (χ0v) is 11.9. The second-order valence-electron chi connectivity index (χ2n) is 4.87. The normalized spacial score (nSPS) is 13.5. The Morgan fingerprint density at radius 3 is 2.70 bits per heavy atom. The Morgan fingerprint density at radius 1 is 1.20 bits per heavy atom. The van der Waals surface area contributed by atoms with E-state index in [4.69, 9.17) is 16.3 Å². The fourth-order valence-electron chi connectivity index (χ4n) is 2.33. The number of amides is 1. The van der Waals surface area contributed by atoms with Crippen LogP contribution in [0.3, 0.4) is 0 Å². The largest absolute Gasteiger partial charge is 0.488 e. The van der Waals surface area contributed by atoms with Crippen LogP contribution in [0.15, 0.2) is 42.5 Å². The molecule has 3 nitrogen and oxygen atoms in total. The van der Waals surface area contributed by atoms with Gasteiger partial charge >= 0.3 is 0 Å². The number of ether oxygens (including phenoxy) is 1. The number of benzene rings is 2. The third kappa shape index (κ3) is 2.37. The van der Waals surface area contributed by atoms with E-state index in [1.807, 2.05) is 42.5 Å². The van der Waals surface area contributed by atoms with Crippen molar-refractivity contribution in [1.82, 2.24) is 4.90 Å². The molecule has 0 aliphatic carbocycles. The Balaban J connectivity index is 1.81. The summed E-state index contributed by atoms with van der Waals surface area (Å²) in [6.45, 7) is 1.07. The summed E-state index contributed by atoms with van der Waals surface area (Å²) < 4.78 is 5.80. The maximum Gasteiger partial charge on any atom is 0.258 e. The molecule has 0 saturated heterocycles. The topological polar surface area (TPSA) is 29.5 Å². The van der Waals surface area contributed by atoms with Crippen LogP contribution in [0.2, 0.25) is 5.02 Å². The Hall–Kier alpha value is -2.00. The van der Waals surface area contributed by atoms with Gasteiger partial charge in [-0.25, -0.2) is 0 Å². The quantitative estimate of drug-likeness (QED) is 0.865. The highest BCUT2D eigenvalue weighted by molar-refractivity contribution is 6.30. The van der Waals surface area contributed by atoms with Crippen LogP contribution in [0, 0.1) is 0 Å². The first-order valence-corrected chi connectivity index (χ1v) is 6.77. The number of fused-ring (bicyclic) bond motifs is 1. The molecule has 0 spiro atoms. The van der Waals surface area contributed by atoms with Gasteiger partial charge < -0.3 is 9.64 Å². The first-order valence-electron chi connectivity index (χ1n) is 6.40. The number of hydrogen-bond acceptors (Lipinski definition) is 2. The lowest BCUT2D eigenvalue weighted by Crippen LogP contribution is -2.18. The highest BCUT2D eigenvalue weighted by atomic mass is 35.5. The van der Waals surface area contributed by atoms with Crippen molar-refractivity contribution < 1.29 is 9.53 Å². The number of hydrogen-bond donors (Lipinski definition) is 0. The molecule has 0 unspecified atom stereocenters. The number of rotatable bonds is 3. The second kappa shape index (κ2) is 5.17. The lowest BCUT2D eigenvalue weighted by molar-refractivity contribution is 0.0813. The molecule has 0 atom stereocenters. The lowest BCUT2D eigenvalue weighted by atomic mass is 10.1. The second-order valence-corrected chi connectivity index (χ2v) is 5.30. The van der Waals surface area contributed by atoms with E-state index in [-0.39, 0.29) is 5.91 Å². The van der Waals surface area contributed by atoms with Gasteiger partial charge in [0.15, 0.2) is 0 Å². The zero-order chi connectivity index (χ0) is 14.1. The predicted molar refractivity (Wildman–Crippen MR) is 78.0 cm³/mol. The maximum atomic E-state index is 12.1. The molecule has 0 saturated carbocycles. The smallest absolute Gasteiger partial charge is 0.258 e. The average Bonchev–Trinajstić information content (AvgIpc) is 2.74. The summed E-state index contributed by atoms with van der Waals surface area (Å²) in [7, 11) is 1.80. The molecule has 1 amide bonds. The number of carbonyl (C=O) groups is 1. The predicted octanol–water partition coefficient (Wildman–Crippen LogP) is 3.50. The summed E-state index contributed by atoms with van der Waals surface area (Å²) in [5.74, 6) is 0.665. The average molecular weight is 288 g/mol. The van der Waals surface area contributed by atoms with Crippen molar-refractivity contribution in [3.8, 4) is 5.75 Å². The first kappa shape index (κ1) is 13.0. The molecule has 2 aromatic carbocycles. The van der Waals surface area contributed by atoms with Crippen LogP contribution in [0.1, 0.15) is 21.5 Å². The van der Waals surface area contributed by atoms with E-state index in [0.29, 0.717) is 29.5 Å². The molecule has 1 aliphatic rings. The molecule has 1 heterocycles. The van der Waals surface area contributed by atoms with Crippen LogP contribution < -0.4 is 4.74 Å². The molecule has 4 heteroatoms. The van der Waals surface area contributed by atoms with E-state index in [2.05, 4.69) is 0 Å². The van der Waals surface area contributed by atoms with Crippen molar-refractivity contribution in [3.63, 3.8) is 0 Å². The monoisotopic (exact) mass is 287 g/mol. The van der Waals surface area contributed by atoms with Crippen molar-refractivity contribution in [1.29, 1.82) is 0 Å². The van der Waals surface area contributed by atoms with Gasteiger partial charge in [0.05, 0.1) is 5.56 Å². The molecule has 3 rings (SSSR count). The summed E-state index contributed by atoms with van der Waals surface area (Å²) in [6.07, 6.45) is 0. The zero-order valence-electron chi connectivity index (χ0n) is 11.1. The van der Waals surface area contributed by atoms with E-state index in [1.165, 1.54) is 0 Å². The number of carbonyl (C=O) groups excluding carboxylic acids is 1. The molecular weight excluding hydrogens is 274 g/mol. The summed E-state index contributed by atoms with van der Waals surface area (Å²) in [6, 6.07) is 13.2. The van der Waals surface area contributed by atoms with Gasteiger partial charge in [-0.05, 0) is 29.3 Å². The summed E-state index contributed by atoms with van der Waals surface area (Å²) in [4.78, 5) is 13.8. The van der Waals surface area contributed by atoms with E-state index in [9.17, 15) is 4.79 Å². The van der Waals surface area contributed by atoms with Crippen molar-refractivity contribution >= 4 is 17.5 Å². The molecule has 2 aromatic rings. The molecule has 0 fully saturated rings. The molecule has 0 radical (unpaired) electrons. The van der Waals surface area contributed by atoms with Gasteiger partial charge in [-0.2, -0.15) is 0 Å². The molecule has 0 aromatic heterocycles. The van der Waals surface area contributed by atoms with Crippen LogP contribution in [0.4, 0.5) is 0 Å². The van der Waals surface area contributed by atoms with Crippen LogP contribution in [-0.2, 0) is 13.2 Å². The van der Waals surface area contributed by atoms with E-state index in [1.54, 1.807) is 11.9 Å². The summed E-state index contributed by atoms with van der Waals surface area (Å²) >= 11 is 5.85. The van der Waals surface area contributed by atoms with Gasteiger partial charge in [0, 0.05) is 18.6 Å². The fraction of sp³-hybridized carbons (Fsp3) is 0.188. The summed E-state index contributed by atoms with van der Waals surface area (Å²) in [5, 5.41) is 0.700. The van der Waals surface area contributed by atoms with E-state index < -0.39 is 0 Å². The van der Waals surface area contributed by atoms with E-state index in [0.717, 1.165) is 11.1 Å². The lowest BCUT2D eigenvalue weighted by Gasteiger charge is -2.10. The Kier molecular flexibility index (Phi) is 3.36. The van der Waals surface area contributed by atoms with Crippen LogP contribution in [0.25, 0.3) is 0 Å². The Bertz CT molecular complexity index is 652. The molecule has 102 valence electrons. The van der Waals surface area contributed by atoms with Gasteiger partial charge in [0.2, 0.25) is 0 Å². The third-order valence-electron chi connectivity index (χ3n) is 3.39. The molecule has 20 heavy (non-hydrogen) atoms. The molecule has 1 aliphatic heterocycles. The maximum absolute atomic E-state index is 12.1. The minimum absolute atomic E-state index is 0.0201. The van der Waals surface area contributed by atoms with Gasteiger partial charge in [-0.3, -0.25) is 4.79 Å². The first-order chi connectivity index (χ1) is 9.65. The number of nitrogens with zero attached hydrogens (tertiary/aromatic N) is 1. The van der Waals surface area contributed by atoms with Crippen molar-refractivity contribution in [3.05, 3.63) is 64.2 Å². The van der Waals surface area contributed by atoms with Gasteiger partial charge in [0.1, 0.15) is 12.4 Å². The SMILES string of the molecule is CN1Cc2cccc(OCc3ccc(Cl)cc3)c2C1=O. The molecule has 0 N–H and O–H groups in total. The minimum atomic E-state index is 0.0201. The molecular formula is C16H14ClNO2. The highest BCUT2D eigenvalue weighted by Crippen LogP contribution is 2.30. The van der Waals surface area contributed by atoms with Crippen molar-refractivity contribution in [2.24, 2.45) is 0 Å². The standard InChI is InChI=1S/C16H14ClNO2/c1-18-9-12-3-2-4-14(15(12)16(18)19)20-10-11-5-7-13(17)8-6-11/h2-8H,9-10H2,1H3. The van der Waals surface area contributed by atoms with Crippen molar-refractivity contribution in [2.75, 3.05) is 7.05 Å². The summed E-state index contributed by atoms with van der Waals surface area (Å²) in [5.41, 5.74) is 2.72.